The lowest BCUT2D eigenvalue weighted by Crippen LogP contribution is -2.05. The van der Waals surface area contributed by atoms with Crippen molar-refractivity contribution in [2.24, 2.45) is 0 Å². The van der Waals surface area contributed by atoms with Gasteiger partial charge in [-0.3, -0.25) is 4.21 Å². The fraction of sp³-hybridized carbons (Fsp3) is 0.0714. The number of carboxylic acid groups (broad SMARTS) is 1. The monoisotopic (exact) mass is 356 g/mol. The van der Waals surface area contributed by atoms with E-state index in [1.165, 1.54) is 30.3 Å². The topological polar surface area (TPSA) is 54.4 Å². The van der Waals surface area contributed by atoms with Crippen LogP contribution in [0.25, 0.3) is 0 Å². The van der Waals surface area contributed by atoms with Crippen LogP contribution in [-0.2, 0) is 16.6 Å². The van der Waals surface area contributed by atoms with Crippen LogP contribution in [0.1, 0.15) is 15.9 Å². The molecule has 104 valence electrons. The van der Waals surface area contributed by atoms with Crippen LogP contribution in [-0.4, -0.2) is 15.3 Å². The zero-order valence-electron chi connectivity index (χ0n) is 10.2. The molecule has 0 aliphatic carbocycles. The van der Waals surface area contributed by atoms with Crippen molar-refractivity contribution < 1.29 is 18.5 Å². The number of carbonyl (C=O) groups is 1. The van der Waals surface area contributed by atoms with E-state index in [9.17, 15) is 13.4 Å². The first kappa shape index (κ1) is 14.9. The summed E-state index contributed by atoms with van der Waals surface area (Å²) in [7, 11) is -1.51. The average molecular weight is 357 g/mol. The highest BCUT2D eigenvalue weighted by Gasteiger charge is 2.15. The number of rotatable bonds is 4. The highest BCUT2D eigenvalue weighted by molar-refractivity contribution is 9.10. The fourth-order valence-electron chi connectivity index (χ4n) is 1.70. The Kier molecular flexibility index (Phi) is 4.67. The summed E-state index contributed by atoms with van der Waals surface area (Å²) < 4.78 is 25.7. The van der Waals surface area contributed by atoms with E-state index >= 15 is 0 Å². The molecule has 2 aromatic rings. The minimum absolute atomic E-state index is 0.0204. The molecule has 1 N–H and O–H groups in total. The fourth-order valence-corrected chi connectivity index (χ4v) is 3.40. The molecule has 1 atom stereocenters. The van der Waals surface area contributed by atoms with Gasteiger partial charge in [-0.25, -0.2) is 9.18 Å². The smallest absolute Gasteiger partial charge is 0.336 e. The number of hydrogen-bond acceptors (Lipinski definition) is 2. The number of halogens is 2. The van der Waals surface area contributed by atoms with Crippen molar-refractivity contribution in [3.05, 3.63) is 63.9 Å². The third-order valence-corrected chi connectivity index (χ3v) is 4.69. The summed E-state index contributed by atoms with van der Waals surface area (Å²) in [5, 5.41) is 9.07. The molecule has 0 fully saturated rings. The molecule has 1 unspecified atom stereocenters. The van der Waals surface area contributed by atoms with Gasteiger partial charge in [-0.05, 0) is 45.8 Å². The van der Waals surface area contributed by atoms with Crippen LogP contribution in [0, 0.1) is 5.82 Å². The number of hydrogen-bond donors (Lipinski definition) is 1. The molecule has 3 nitrogen and oxygen atoms in total. The first-order chi connectivity index (χ1) is 9.49. The third kappa shape index (κ3) is 3.32. The number of carboxylic acids is 1. The Morgan fingerprint density at radius 3 is 2.60 bits per heavy atom. The Balaban J connectivity index is 2.28. The van der Waals surface area contributed by atoms with Crippen LogP contribution in [0.2, 0.25) is 0 Å². The Morgan fingerprint density at radius 1 is 1.25 bits per heavy atom. The van der Waals surface area contributed by atoms with Crippen molar-refractivity contribution in [1.29, 1.82) is 0 Å². The molecule has 0 saturated heterocycles. The predicted octanol–water partition coefficient (Wildman–Crippen LogP) is 3.59. The van der Waals surface area contributed by atoms with Crippen molar-refractivity contribution in [1.82, 2.24) is 0 Å². The van der Waals surface area contributed by atoms with Crippen molar-refractivity contribution in [3.8, 4) is 0 Å². The molecule has 0 bridgehead atoms. The predicted molar refractivity (Wildman–Crippen MR) is 77.6 cm³/mol. The van der Waals surface area contributed by atoms with Gasteiger partial charge in [-0.15, -0.1) is 0 Å². The second-order valence-corrected chi connectivity index (χ2v) is 6.31. The summed E-state index contributed by atoms with van der Waals surface area (Å²) in [4.78, 5) is 11.4. The summed E-state index contributed by atoms with van der Waals surface area (Å²) in [5.41, 5.74) is 0.684. The van der Waals surface area contributed by atoms with E-state index in [0.29, 0.717) is 10.0 Å². The van der Waals surface area contributed by atoms with Gasteiger partial charge in [-0.2, -0.15) is 0 Å². The summed E-state index contributed by atoms with van der Waals surface area (Å²) in [5.74, 6) is -1.39. The molecule has 0 spiro atoms. The molecule has 20 heavy (non-hydrogen) atoms. The summed E-state index contributed by atoms with van der Waals surface area (Å²) in [6, 6.07) is 10.5. The maximum absolute atomic E-state index is 13.1. The maximum Gasteiger partial charge on any atom is 0.336 e. The minimum atomic E-state index is -1.51. The van der Waals surface area contributed by atoms with Crippen molar-refractivity contribution >= 4 is 32.7 Å². The Hall–Kier alpha value is -1.53. The van der Waals surface area contributed by atoms with Crippen molar-refractivity contribution in [2.45, 2.75) is 10.6 Å². The van der Waals surface area contributed by atoms with Gasteiger partial charge in [0.05, 0.1) is 31.5 Å². The maximum atomic E-state index is 13.1. The molecule has 6 heteroatoms. The lowest BCUT2D eigenvalue weighted by molar-refractivity contribution is 0.0693. The first-order valence-corrected chi connectivity index (χ1v) is 7.75. The van der Waals surface area contributed by atoms with Crippen LogP contribution in [0.3, 0.4) is 0 Å². The number of benzene rings is 2. The molecule has 0 radical (unpaired) electrons. The molecule has 0 amide bonds. The van der Waals surface area contributed by atoms with Gasteiger partial charge >= 0.3 is 5.97 Å². The molecule has 2 rings (SSSR count). The van der Waals surface area contributed by atoms with E-state index in [0.717, 1.165) is 0 Å². The van der Waals surface area contributed by atoms with E-state index < -0.39 is 22.6 Å². The Labute approximate surface area is 126 Å². The highest BCUT2D eigenvalue weighted by atomic mass is 79.9. The minimum Gasteiger partial charge on any atom is -0.478 e. The van der Waals surface area contributed by atoms with Gasteiger partial charge in [0.2, 0.25) is 0 Å². The number of aromatic carboxylic acids is 1. The third-order valence-electron chi connectivity index (χ3n) is 2.64. The van der Waals surface area contributed by atoms with Gasteiger partial charge in [-0.1, -0.05) is 18.2 Å². The first-order valence-electron chi connectivity index (χ1n) is 5.63. The quantitative estimate of drug-likeness (QED) is 0.910. The van der Waals surface area contributed by atoms with Crippen molar-refractivity contribution in [2.75, 3.05) is 0 Å². The van der Waals surface area contributed by atoms with Gasteiger partial charge in [0, 0.05) is 0 Å². The summed E-state index contributed by atoms with van der Waals surface area (Å²) in [6.07, 6.45) is 0. The molecule has 0 aliphatic rings. The summed E-state index contributed by atoms with van der Waals surface area (Å²) >= 11 is 3.06. The lowest BCUT2D eigenvalue weighted by atomic mass is 10.2. The van der Waals surface area contributed by atoms with Crippen LogP contribution in [0.15, 0.2) is 51.8 Å². The van der Waals surface area contributed by atoms with Gasteiger partial charge in [0.15, 0.2) is 0 Å². The lowest BCUT2D eigenvalue weighted by Gasteiger charge is -2.06. The standard InChI is InChI=1S/C14H10BrFO3S/c15-11-7-9(5-6-12(11)16)8-20(19)13-4-2-1-3-10(13)14(17)18/h1-7H,8H2,(H,17,18). The van der Waals surface area contributed by atoms with E-state index in [-0.39, 0.29) is 16.2 Å². The molecular formula is C14H10BrFO3S. The van der Waals surface area contributed by atoms with Crippen LogP contribution >= 0.6 is 15.9 Å². The zero-order valence-corrected chi connectivity index (χ0v) is 12.6. The van der Waals surface area contributed by atoms with Gasteiger partial charge in [0.25, 0.3) is 0 Å². The zero-order chi connectivity index (χ0) is 14.7. The van der Waals surface area contributed by atoms with E-state index in [4.69, 9.17) is 5.11 Å². The molecule has 0 saturated carbocycles. The highest BCUT2D eigenvalue weighted by Crippen LogP contribution is 2.21. The van der Waals surface area contributed by atoms with E-state index in [1.807, 2.05) is 0 Å². The summed E-state index contributed by atoms with van der Waals surface area (Å²) in [6.45, 7) is 0. The Morgan fingerprint density at radius 2 is 1.95 bits per heavy atom. The van der Waals surface area contributed by atoms with Crippen LogP contribution in [0.4, 0.5) is 4.39 Å². The van der Waals surface area contributed by atoms with E-state index in [1.54, 1.807) is 12.1 Å². The second kappa shape index (κ2) is 6.28. The van der Waals surface area contributed by atoms with Crippen LogP contribution in [0.5, 0.6) is 0 Å². The largest absolute Gasteiger partial charge is 0.478 e. The molecule has 2 aromatic carbocycles. The Bertz CT molecular complexity index is 688. The van der Waals surface area contributed by atoms with Gasteiger partial charge in [0.1, 0.15) is 5.82 Å². The average Bonchev–Trinajstić information content (AvgIpc) is 2.43. The molecule has 0 aliphatic heterocycles. The molecule has 0 heterocycles. The normalized spacial score (nSPS) is 12.1. The molecular weight excluding hydrogens is 347 g/mol. The van der Waals surface area contributed by atoms with E-state index in [2.05, 4.69) is 15.9 Å². The molecule has 0 aromatic heterocycles. The SMILES string of the molecule is O=C(O)c1ccccc1S(=O)Cc1ccc(F)c(Br)c1. The van der Waals surface area contributed by atoms with Gasteiger partial charge < -0.3 is 5.11 Å². The van der Waals surface area contributed by atoms with Crippen LogP contribution < -0.4 is 0 Å². The second-order valence-electron chi connectivity index (χ2n) is 4.04. The van der Waals surface area contributed by atoms with Crippen molar-refractivity contribution in [3.63, 3.8) is 0 Å².